The molecule has 5 heteroatoms. The Morgan fingerprint density at radius 3 is 2.87 bits per heavy atom. The molecule has 1 N–H and O–H groups in total. The molecule has 15 heavy (non-hydrogen) atoms. The molecule has 1 aromatic rings. The van der Waals surface area contributed by atoms with Gasteiger partial charge >= 0.3 is 5.97 Å². The second-order valence-electron chi connectivity index (χ2n) is 2.91. The molecule has 1 rings (SSSR count). The third-order valence-electron chi connectivity index (χ3n) is 1.82. The van der Waals surface area contributed by atoms with Gasteiger partial charge in [0.2, 0.25) is 0 Å². The van der Waals surface area contributed by atoms with Gasteiger partial charge in [-0.05, 0) is 6.92 Å². The van der Waals surface area contributed by atoms with E-state index in [-0.39, 0.29) is 12.1 Å². The number of aromatic nitrogens is 2. The molecule has 5 nitrogen and oxygen atoms in total. The van der Waals surface area contributed by atoms with Crippen molar-refractivity contribution in [3.63, 3.8) is 0 Å². The van der Waals surface area contributed by atoms with Crippen LogP contribution in [0.5, 0.6) is 0 Å². The van der Waals surface area contributed by atoms with Crippen LogP contribution >= 0.6 is 0 Å². The SMILES string of the molecule is Cc1nn(C)c(C(=O)O)c1C#CCC=O. The van der Waals surface area contributed by atoms with Gasteiger partial charge in [-0.3, -0.25) is 4.68 Å². The van der Waals surface area contributed by atoms with Gasteiger partial charge in [0.1, 0.15) is 6.29 Å². The first-order valence-corrected chi connectivity index (χ1v) is 4.27. The van der Waals surface area contributed by atoms with Crippen molar-refractivity contribution in [3.8, 4) is 11.8 Å². The van der Waals surface area contributed by atoms with E-state index in [0.29, 0.717) is 17.5 Å². The van der Waals surface area contributed by atoms with Gasteiger partial charge in [0.25, 0.3) is 0 Å². The van der Waals surface area contributed by atoms with Crippen molar-refractivity contribution in [2.24, 2.45) is 7.05 Å². The zero-order valence-corrected chi connectivity index (χ0v) is 8.44. The summed E-state index contributed by atoms with van der Waals surface area (Å²) in [5.41, 5.74) is 0.964. The van der Waals surface area contributed by atoms with E-state index in [1.54, 1.807) is 14.0 Å². The Bertz CT molecular complexity index is 463. The molecule has 0 radical (unpaired) electrons. The Morgan fingerprint density at radius 2 is 2.33 bits per heavy atom. The molecule has 0 aliphatic rings. The lowest BCUT2D eigenvalue weighted by Crippen LogP contribution is -2.06. The second kappa shape index (κ2) is 4.42. The number of hydrogen-bond donors (Lipinski definition) is 1. The van der Waals surface area contributed by atoms with Gasteiger partial charge in [-0.2, -0.15) is 5.10 Å². The summed E-state index contributed by atoms with van der Waals surface area (Å²) in [6.07, 6.45) is 0.756. The van der Waals surface area contributed by atoms with E-state index in [9.17, 15) is 9.59 Å². The van der Waals surface area contributed by atoms with Crippen LogP contribution in [0.25, 0.3) is 0 Å². The molecule has 0 atom stereocenters. The maximum Gasteiger partial charge on any atom is 0.355 e. The smallest absolute Gasteiger partial charge is 0.355 e. The molecule has 0 saturated carbocycles. The quantitative estimate of drug-likeness (QED) is 0.560. The summed E-state index contributed by atoms with van der Waals surface area (Å²) >= 11 is 0. The third kappa shape index (κ3) is 2.23. The summed E-state index contributed by atoms with van der Waals surface area (Å²) in [5.74, 6) is 4.13. The van der Waals surface area contributed by atoms with E-state index in [1.807, 2.05) is 0 Å². The van der Waals surface area contributed by atoms with Crippen molar-refractivity contribution in [1.29, 1.82) is 0 Å². The van der Waals surface area contributed by atoms with E-state index in [4.69, 9.17) is 5.11 Å². The van der Waals surface area contributed by atoms with Crippen molar-refractivity contribution < 1.29 is 14.7 Å². The molecule has 0 amide bonds. The van der Waals surface area contributed by atoms with E-state index >= 15 is 0 Å². The average molecular weight is 206 g/mol. The normalized spacial score (nSPS) is 9.20. The summed E-state index contributed by atoms with van der Waals surface area (Å²) in [5, 5.41) is 12.9. The zero-order chi connectivity index (χ0) is 11.4. The lowest BCUT2D eigenvalue weighted by molar-refractivity contribution is -0.107. The first kappa shape index (κ1) is 11.0. The topological polar surface area (TPSA) is 72.2 Å². The molecule has 0 aromatic carbocycles. The number of carbonyl (C=O) groups is 2. The number of aldehydes is 1. The second-order valence-corrected chi connectivity index (χ2v) is 2.91. The molecule has 1 heterocycles. The molecular formula is C10H10N2O3. The lowest BCUT2D eigenvalue weighted by Gasteiger charge is -1.94. The molecule has 0 fully saturated rings. The van der Waals surface area contributed by atoms with Crippen molar-refractivity contribution in [3.05, 3.63) is 17.0 Å². The minimum Gasteiger partial charge on any atom is -0.476 e. The molecule has 0 aliphatic carbocycles. The molecule has 0 spiro atoms. The zero-order valence-electron chi connectivity index (χ0n) is 8.44. The number of carboxylic acid groups (broad SMARTS) is 1. The first-order valence-electron chi connectivity index (χ1n) is 4.27. The van der Waals surface area contributed by atoms with Crippen LogP contribution < -0.4 is 0 Å². The van der Waals surface area contributed by atoms with Gasteiger partial charge < -0.3 is 9.90 Å². The molecule has 0 aliphatic heterocycles. The maximum atomic E-state index is 10.9. The fourth-order valence-corrected chi connectivity index (χ4v) is 1.23. The third-order valence-corrected chi connectivity index (χ3v) is 1.82. The van der Waals surface area contributed by atoms with Crippen molar-refractivity contribution in [1.82, 2.24) is 9.78 Å². The number of aryl methyl sites for hydroxylation is 2. The van der Waals surface area contributed by atoms with E-state index in [1.165, 1.54) is 4.68 Å². The van der Waals surface area contributed by atoms with Gasteiger partial charge in [0, 0.05) is 7.05 Å². The summed E-state index contributed by atoms with van der Waals surface area (Å²) in [7, 11) is 1.54. The van der Waals surface area contributed by atoms with Crippen molar-refractivity contribution in [2.45, 2.75) is 13.3 Å². The standard InChI is InChI=1S/C10H10N2O3/c1-7-8(5-3-4-6-13)9(10(14)15)12(2)11-7/h6H,4H2,1-2H3,(H,14,15). The highest BCUT2D eigenvalue weighted by Crippen LogP contribution is 2.11. The highest BCUT2D eigenvalue weighted by molar-refractivity contribution is 5.89. The van der Waals surface area contributed by atoms with Crippen LogP contribution in [0.4, 0.5) is 0 Å². The molecule has 78 valence electrons. The van der Waals surface area contributed by atoms with Crippen LogP contribution in [-0.2, 0) is 11.8 Å². The van der Waals surface area contributed by atoms with Crippen LogP contribution in [0, 0.1) is 18.8 Å². The van der Waals surface area contributed by atoms with Crippen molar-refractivity contribution in [2.75, 3.05) is 0 Å². The first-order chi connectivity index (χ1) is 7.07. The average Bonchev–Trinajstić information content (AvgIpc) is 2.42. The fourth-order valence-electron chi connectivity index (χ4n) is 1.23. The minimum atomic E-state index is -1.08. The van der Waals surface area contributed by atoms with Crippen LogP contribution in [0.15, 0.2) is 0 Å². The Labute approximate surface area is 86.7 Å². The van der Waals surface area contributed by atoms with Crippen LogP contribution in [-0.4, -0.2) is 27.1 Å². The number of rotatable bonds is 2. The predicted octanol–water partition coefficient (Wildman–Crippen LogP) is 0.367. The van der Waals surface area contributed by atoms with E-state index < -0.39 is 5.97 Å². The highest BCUT2D eigenvalue weighted by Gasteiger charge is 2.17. The molecule has 0 saturated heterocycles. The Morgan fingerprint density at radius 1 is 1.67 bits per heavy atom. The van der Waals surface area contributed by atoms with Gasteiger partial charge in [-0.25, -0.2) is 4.79 Å². The van der Waals surface area contributed by atoms with Gasteiger partial charge in [-0.15, -0.1) is 0 Å². The molecule has 0 bridgehead atoms. The molecule has 0 unspecified atom stereocenters. The number of carboxylic acids is 1. The summed E-state index contributed by atoms with van der Waals surface area (Å²) in [6.45, 7) is 1.68. The number of nitrogens with zero attached hydrogens (tertiary/aromatic N) is 2. The number of aromatic carboxylic acids is 1. The molecule has 1 aromatic heterocycles. The summed E-state index contributed by atoms with van der Waals surface area (Å²) < 4.78 is 1.27. The fraction of sp³-hybridized carbons (Fsp3) is 0.300. The number of carbonyl (C=O) groups excluding carboxylic acids is 1. The molecular weight excluding hydrogens is 196 g/mol. The Balaban J connectivity index is 3.22. The van der Waals surface area contributed by atoms with Crippen LogP contribution in [0.2, 0.25) is 0 Å². The largest absolute Gasteiger partial charge is 0.476 e. The van der Waals surface area contributed by atoms with Crippen LogP contribution in [0.3, 0.4) is 0 Å². The van der Waals surface area contributed by atoms with Crippen molar-refractivity contribution >= 4 is 12.3 Å². The lowest BCUT2D eigenvalue weighted by atomic mass is 10.2. The number of hydrogen-bond acceptors (Lipinski definition) is 3. The highest BCUT2D eigenvalue weighted by atomic mass is 16.4. The van der Waals surface area contributed by atoms with Crippen LogP contribution in [0.1, 0.15) is 28.2 Å². The van der Waals surface area contributed by atoms with E-state index in [0.717, 1.165) is 0 Å². The Kier molecular flexibility index (Phi) is 3.24. The monoisotopic (exact) mass is 206 g/mol. The van der Waals surface area contributed by atoms with Gasteiger partial charge in [0.15, 0.2) is 5.69 Å². The summed E-state index contributed by atoms with van der Waals surface area (Å²) in [6, 6.07) is 0. The minimum absolute atomic E-state index is 0.0471. The van der Waals surface area contributed by atoms with E-state index in [2.05, 4.69) is 16.9 Å². The van der Waals surface area contributed by atoms with Gasteiger partial charge in [0.05, 0.1) is 17.7 Å². The summed E-state index contributed by atoms with van der Waals surface area (Å²) in [4.78, 5) is 21.0. The predicted molar refractivity (Wildman–Crippen MR) is 52.5 cm³/mol. The maximum absolute atomic E-state index is 10.9. The Hall–Kier alpha value is -2.09. The van der Waals surface area contributed by atoms with Gasteiger partial charge in [-0.1, -0.05) is 11.8 Å².